The minimum atomic E-state index is 0.110. The third-order valence-corrected chi connectivity index (χ3v) is 6.95. The van der Waals surface area contributed by atoms with Crippen molar-refractivity contribution in [2.24, 2.45) is 23.5 Å². The molecule has 2 atom stereocenters. The predicted molar refractivity (Wildman–Crippen MR) is 103 cm³/mol. The molecular weight excluding hydrogens is 326 g/mol. The van der Waals surface area contributed by atoms with E-state index in [1.165, 1.54) is 38.5 Å². The highest BCUT2D eigenvalue weighted by Gasteiger charge is 2.31. The van der Waals surface area contributed by atoms with Crippen molar-refractivity contribution < 1.29 is 9.59 Å². The van der Waals surface area contributed by atoms with Gasteiger partial charge in [-0.15, -0.1) is 0 Å². The summed E-state index contributed by atoms with van der Waals surface area (Å²) in [5.74, 6) is 1.59. The molecule has 0 spiro atoms. The topological polar surface area (TPSA) is 84.2 Å². The van der Waals surface area contributed by atoms with Gasteiger partial charge in [0.25, 0.3) is 0 Å². The number of hydrogen-bond donors (Lipinski definition) is 3. The van der Waals surface area contributed by atoms with Crippen molar-refractivity contribution in [3.8, 4) is 0 Å². The lowest BCUT2D eigenvalue weighted by molar-refractivity contribution is -0.127. The van der Waals surface area contributed by atoms with Crippen LogP contribution in [0.25, 0.3) is 0 Å². The predicted octanol–water partition coefficient (Wildman–Crippen LogP) is 2.88. The van der Waals surface area contributed by atoms with Crippen molar-refractivity contribution in [2.75, 3.05) is 6.54 Å². The standard InChI is InChI=1S/C21H37N3O2/c22-14-17-7-3-4-8-19(17)24-21(26)16-9-11-18(12-10-16)23-20(25)13-15-5-1-2-6-15/h15-19H,1-14,22H2,(H,23,25)(H,24,26). The molecule has 2 amide bonds. The SMILES string of the molecule is NCC1CCCCC1NC(=O)C1CCC(NC(=O)CC2CCCC2)CC1. The second-order valence-corrected chi connectivity index (χ2v) is 8.87. The van der Waals surface area contributed by atoms with Crippen molar-refractivity contribution in [1.29, 1.82) is 0 Å². The van der Waals surface area contributed by atoms with Gasteiger partial charge in [0.05, 0.1) is 0 Å². The van der Waals surface area contributed by atoms with E-state index in [-0.39, 0.29) is 29.8 Å². The van der Waals surface area contributed by atoms with E-state index < -0.39 is 0 Å². The summed E-state index contributed by atoms with van der Waals surface area (Å²) in [6, 6.07) is 0.532. The van der Waals surface area contributed by atoms with Gasteiger partial charge in [0.1, 0.15) is 0 Å². The van der Waals surface area contributed by atoms with Crippen molar-refractivity contribution in [3.63, 3.8) is 0 Å². The molecule has 5 nitrogen and oxygen atoms in total. The number of amides is 2. The zero-order chi connectivity index (χ0) is 18.4. The maximum Gasteiger partial charge on any atom is 0.223 e. The van der Waals surface area contributed by atoms with Crippen LogP contribution in [0.3, 0.4) is 0 Å². The summed E-state index contributed by atoms with van der Waals surface area (Å²) in [4.78, 5) is 24.9. The van der Waals surface area contributed by atoms with Gasteiger partial charge < -0.3 is 16.4 Å². The van der Waals surface area contributed by atoms with Crippen LogP contribution in [-0.4, -0.2) is 30.4 Å². The molecule has 0 aromatic rings. The van der Waals surface area contributed by atoms with Crippen LogP contribution >= 0.6 is 0 Å². The highest BCUT2D eigenvalue weighted by atomic mass is 16.2. The number of carbonyl (C=O) groups excluding carboxylic acids is 2. The molecule has 0 aromatic carbocycles. The van der Waals surface area contributed by atoms with Gasteiger partial charge >= 0.3 is 0 Å². The Labute approximate surface area is 158 Å². The van der Waals surface area contributed by atoms with Gasteiger partial charge in [-0.3, -0.25) is 9.59 Å². The van der Waals surface area contributed by atoms with E-state index in [0.29, 0.717) is 24.8 Å². The molecule has 0 aromatic heterocycles. The molecule has 2 unspecified atom stereocenters. The molecule has 3 rings (SSSR count). The van der Waals surface area contributed by atoms with Crippen LogP contribution in [0.4, 0.5) is 0 Å². The van der Waals surface area contributed by atoms with Gasteiger partial charge in [-0.1, -0.05) is 25.7 Å². The molecule has 3 fully saturated rings. The Morgan fingerprint density at radius 2 is 1.46 bits per heavy atom. The molecule has 0 heterocycles. The van der Waals surface area contributed by atoms with Crippen LogP contribution in [0.5, 0.6) is 0 Å². The Kier molecular flexibility index (Phi) is 7.35. The van der Waals surface area contributed by atoms with Gasteiger partial charge in [-0.05, 0) is 69.7 Å². The van der Waals surface area contributed by atoms with Gasteiger partial charge in [-0.25, -0.2) is 0 Å². The minimum Gasteiger partial charge on any atom is -0.353 e. The number of carbonyl (C=O) groups is 2. The molecule has 0 saturated heterocycles. The Bertz CT molecular complexity index is 468. The zero-order valence-electron chi connectivity index (χ0n) is 16.2. The highest BCUT2D eigenvalue weighted by molar-refractivity contribution is 5.79. The lowest BCUT2D eigenvalue weighted by atomic mass is 9.82. The van der Waals surface area contributed by atoms with E-state index in [2.05, 4.69) is 10.6 Å². The Balaban J connectivity index is 1.37. The third-order valence-electron chi connectivity index (χ3n) is 6.95. The van der Waals surface area contributed by atoms with Crippen LogP contribution in [-0.2, 0) is 9.59 Å². The van der Waals surface area contributed by atoms with Gasteiger partial charge in [-0.2, -0.15) is 0 Å². The molecule has 3 aliphatic rings. The molecule has 0 aliphatic heterocycles. The second kappa shape index (κ2) is 9.72. The molecule has 3 saturated carbocycles. The molecule has 4 N–H and O–H groups in total. The first kappa shape index (κ1) is 19.7. The van der Waals surface area contributed by atoms with Crippen LogP contribution in [0.2, 0.25) is 0 Å². The van der Waals surface area contributed by atoms with Crippen molar-refractivity contribution >= 4 is 11.8 Å². The van der Waals surface area contributed by atoms with Crippen LogP contribution in [0, 0.1) is 17.8 Å². The number of hydrogen-bond acceptors (Lipinski definition) is 3. The van der Waals surface area contributed by atoms with Crippen LogP contribution in [0.1, 0.15) is 83.5 Å². The summed E-state index contributed by atoms with van der Waals surface area (Å²) in [5.41, 5.74) is 5.88. The molecule has 26 heavy (non-hydrogen) atoms. The first-order valence-electron chi connectivity index (χ1n) is 11.0. The summed E-state index contributed by atoms with van der Waals surface area (Å²) in [6.07, 6.45) is 14.0. The van der Waals surface area contributed by atoms with Gasteiger partial charge in [0, 0.05) is 24.4 Å². The van der Waals surface area contributed by atoms with E-state index in [1.807, 2.05) is 0 Å². The van der Waals surface area contributed by atoms with E-state index in [1.54, 1.807) is 0 Å². The van der Waals surface area contributed by atoms with Gasteiger partial charge in [0.15, 0.2) is 0 Å². The van der Waals surface area contributed by atoms with Crippen molar-refractivity contribution in [3.05, 3.63) is 0 Å². The first-order chi connectivity index (χ1) is 12.7. The second-order valence-electron chi connectivity index (χ2n) is 8.87. The van der Waals surface area contributed by atoms with Crippen LogP contribution in [0.15, 0.2) is 0 Å². The Hall–Kier alpha value is -1.10. The normalized spacial score (nSPS) is 33.0. The molecule has 5 heteroatoms. The smallest absolute Gasteiger partial charge is 0.223 e. The highest BCUT2D eigenvalue weighted by Crippen LogP contribution is 2.29. The molecular formula is C21H37N3O2. The minimum absolute atomic E-state index is 0.110. The summed E-state index contributed by atoms with van der Waals surface area (Å²) in [7, 11) is 0. The Morgan fingerprint density at radius 3 is 2.15 bits per heavy atom. The maximum atomic E-state index is 12.6. The van der Waals surface area contributed by atoms with Gasteiger partial charge in [0.2, 0.25) is 11.8 Å². The summed E-state index contributed by atoms with van der Waals surface area (Å²) in [5, 5.41) is 6.50. The lowest BCUT2D eigenvalue weighted by Gasteiger charge is -2.34. The summed E-state index contributed by atoms with van der Waals surface area (Å²) in [6.45, 7) is 0.671. The monoisotopic (exact) mass is 363 g/mol. The fraction of sp³-hybridized carbons (Fsp3) is 0.905. The van der Waals surface area contributed by atoms with E-state index in [9.17, 15) is 9.59 Å². The number of nitrogens with one attached hydrogen (secondary N) is 2. The quantitative estimate of drug-likeness (QED) is 0.678. The molecule has 148 valence electrons. The number of nitrogens with two attached hydrogens (primary N) is 1. The zero-order valence-corrected chi connectivity index (χ0v) is 16.2. The van der Waals surface area contributed by atoms with Crippen molar-refractivity contribution in [1.82, 2.24) is 10.6 Å². The lowest BCUT2D eigenvalue weighted by Crippen LogP contribution is -2.48. The average Bonchev–Trinajstić information content (AvgIpc) is 3.15. The first-order valence-corrected chi connectivity index (χ1v) is 11.0. The fourth-order valence-corrected chi connectivity index (χ4v) is 5.24. The maximum absolute atomic E-state index is 12.6. The number of rotatable bonds is 6. The summed E-state index contributed by atoms with van der Waals surface area (Å²) >= 11 is 0. The Morgan fingerprint density at radius 1 is 0.808 bits per heavy atom. The fourth-order valence-electron chi connectivity index (χ4n) is 5.24. The van der Waals surface area contributed by atoms with Crippen LogP contribution < -0.4 is 16.4 Å². The van der Waals surface area contributed by atoms with E-state index in [4.69, 9.17) is 5.73 Å². The summed E-state index contributed by atoms with van der Waals surface area (Å²) < 4.78 is 0. The van der Waals surface area contributed by atoms with E-state index >= 15 is 0 Å². The third kappa shape index (κ3) is 5.45. The molecule has 0 radical (unpaired) electrons. The molecule has 3 aliphatic carbocycles. The van der Waals surface area contributed by atoms with E-state index in [0.717, 1.165) is 38.5 Å². The molecule has 0 bridgehead atoms. The largest absolute Gasteiger partial charge is 0.353 e. The average molecular weight is 364 g/mol. The van der Waals surface area contributed by atoms with Crippen molar-refractivity contribution in [2.45, 2.75) is 95.6 Å².